The Morgan fingerprint density at radius 2 is 1.61 bits per heavy atom. The molecule has 1 heterocycles. The van der Waals surface area contributed by atoms with Crippen LogP contribution in [-0.2, 0) is 11.0 Å². The summed E-state index contributed by atoms with van der Waals surface area (Å²) < 4.78 is 19.9. The van der Waals surface area contributed by atoms with Gasteiger partial charge in [-0.2, -0.15) is 0 Å². The molecule has 0 bridgehead atoms. The van der Waals surface area contributed by atoms with Gasteiger partial charge >= 0.3 is 0 Å². The third kappa shape index (κ3) is 3.35. The lowest BCUT2D eigenvalue weighted by Gasteiger charge is -2.56. The van der Waals surface area contributed by atoms with Crippen molar-refractivity contribution >= 4 is 15.9 Å². The van der Waals surface area contributed by atoms with E-state index in [0.29, 0.717) is 12.3 Å². The van der Waals surface area contributed by atoms with Crippen LogP contribution in [0.5, 0.6) is 5.75 Å². The molecule has 0 spiro atoms. The highest BCUT2D eigenvalue weighted by atomic mass is 79.9. The molecule has 5 unspecified atom stereocenters. The second-order valence-electron chi connectivity index (χ2n) is 9.04. The van der Waals surface area contributed by atoms with Gasteiger partial charge in [0.05, 0.1) is 18.2 Å². The van der Waals surface area contributed by atoms with Crippen molar-refractivity contribution in [1.82, 2.24) is 5.32 Å². The van der Waals surface area contributed by atoms with Crippen LogP contribution in [0, 0.1) is 17.7 Å². The van der Waals surface area contributed by atoms with Crippen LogP contribution in [0.25, 0.3) is 0 Å². The van der Waals surface area contributed by atoms with Gasteiger partial charge in [0.15, 0.2) is 0 Å². The summed E-state index contributed by atoms with van der Waals surface area (Å²) in [5, 5.41) is 27.4. The van der Waals surface area contributed by atoms with Gasteiger partial charge in [0.25, 0.3) is 0 Å². The fourth-order valence-corrected chi connectivity index (χ4v) is 7.20. The predicted octanol–water partition coefficient (Wildman–Crippen LogP) is 4.33. The van der Waals surface area contributed by atoms with E-state index in [4.69, 9.17) is 4.74 Å². The summed E-state index contributed by atoms with van der Waals surface area (Å²) >= 11 is 3.84. The van der Waals surface area contributed by atoms with Gasteiger partial charge in [0, 0.05) is 29.4 Å². The average Bonchev–Trinajstić information content (AvgIpc) is 3.25. The summed E-state index contributed by atoms with van der Waals surface area (Å²) in [5.74, 6) is -0.667. The average molecular weight is 512 g/mol. The molecule has 4 nitrogen and oxygen atoms in total. The van der Waals surface area contributed by atoms with E-state index in [1.165, 1.54) is 25.3 Å². The lowest BCUT2D eigenvalue weighted by atomic mass is 9.51. The van der Waals surface area contributed by atoms with Gasteiger partial charge in [-0.15, -0.1) is 0 Å². The highest BCUT2D eigenvalue weighted by molar-refractivity contribution is 9.09. The number of fused-ring (bicyclic) bond motifs is 1. The Morgan fingerprint density at radius 1 is 1.00 bits per heavy atom. The molecule has 2 aliphatic rings. The number of rotatable bonds is 4. The Balaban J connectivity index is 1.75. The number of benzene rings is 3. The van der Waals surface area contributed by atoms with Crippen molar-refractivity contribution in [3.05, 3.63) is 101 Å². The number of aliphatic hydroxyl groups is 2. The van der Waals surface area contributed by atoms with Crippen LogP contribution in [0.4, 0.5) is 4.39 Å². The van der Waals surface area contributed by atoms with Crippen LogP contribution in [0.1, 0.15) is 23.1 Å². The molecule has 5 atom stereocenters. The Labute approximate surface area is 201 Å². The standard InChI is InChI=1S/C27H27BrFNO3/c1-33-22-13-12-19(29)14-20(22)27(32)21-16-30-25(28)24(21)26(15-23(27)31,17-8-4-2-5-9-17)18-10-6-3-7-11-18/h2-14,21,23-25,30-32H,15-16H2,1H3. The number of hydrogen-bond donors (Lipinski definition) is 3. The van der Waals surface area contributed by atoms with Crippen molar-refractivity contribution in [2.24, 2.45) is 11.8 Å². The maximum Gasteiger partial charge on any atom is 0.125 e. The van der Waals surface area contributed by atoms with E-state index in [-0.39, 0.29) is 22.9 Å². The van der Waals surface area contributed by atoms with Crippen molar-refractivity contribution in [2.75, 3.05) is 13.7 Å². The Kier molecular flexibility index (Phi) is 5.81. The van der Waals surface area contributed by atoms with E-state index in [0.717, 1.165) is 11.1 Å². The SMILES string of the molecule is COc1ccc(F)cc1C1(O)C(O)CC(c2ccccc2)(c2ccccc2)C2C(Br)NCC21. The molecule has 0 radical (unpaired) electrons. The summed E-state index contributed by atoms with van der Waals surface area (Å²) in [6, 6.07) is 24.4. The molecular formula is C27H27BrFNO3. The largest absolute Gasteiger partial charge is 0.496 e. The number of ether oxygens (including phenoxy) is 1. The third-order valence-electron chi connectivity index (χ3n) is 7.61. The van der Waals surface area contributed by atoms with Gasteiger partial charge in [-0.05, 0) is 35.7 Å². The van der Waals surface area contributed by atoms with Crippen molar-refractivity contribution in [3.8, 4) is 5.75 Å². The first-order valence-electron chi connectivity index (χ1n) is 11.2. The molecule has 2 fully saturated rings. The zero-order chi connectivity index (χ0) is 23.2. The van der Waals surface area contributed by atoms with Gasteiger partial charge < -0.3 is 20.3 Å². The van der Waals surface area contributed by atoms with Gasteiger partial charge in [-0.25, -0.2) is 4.39 Å². The minimum atomic E-state index is -1.69. The lowest BCUT2D eigenvalue weighted by Crippen LogP contribution is -2.61. The molecule has 5 rings (SSSR count). The fraction of sp³-hybridized carbons (Fsp3) is 0.333. The van der Waals surface area contributed by atoms with Crippen LogP contribution in [-0.4, -0.2) is 34.9 Å². The maximum absolute atomic E-state index is 14.4. The molecular weight excluding hydrogens is 485 g/mol. The first-order chi connectivity index (χ1) is 15.9. The highest BCUT2D eigenvalue weighted by Gasteiger charge is 2.65. The van der Waals surface area contributed by atoms with Crippen molar-refractivity contribution in [3.63, 3.8) is 0 Å². The minimum absolute atomic E-state index is 0.124. The molecule has 1 aliphatic heterocycles. The molecule has 3 aromatic rings. The van der Waals surface area contributed by atoms with Crippen molar-refractivity contribution in [2.45, 2.75) is 28.5 Å². The number of halogens is 2. The summed E-state index contributed by atoms with van der Waals surface area (Å²) in [4.78, 5) is -0.124. The second kappa shape index (κ2) is 8.51. The van der Waals surface area contributed by atoms with Gasteiger partial charge in [-0.3, -0.25) is 0 Å². The Bertz CT molecular complexity index is 1090. The quantitative estimate of drug-likeness (QED) is 0.360. The van der Waals surface area contributed by atoms with Gasteiger partial charge in [0.2, 0.25) is 0 Å². The molecule has 1 saturated heterocycles. The van der Waals surface area contributed by atoms with Crippen LogP contribution in [0.3, 0.4) is 0 Å². The zero-order valence-electron chi connectivity index (χ0n) is 18.3. The molecule has 6 heteroatoms. The molecule has 0 aromatic heterocycles. The highest BCUT2D eigenvalue weighted by Crippen LogP contribution is 2.61. The topological polar surface area (TPSA) is 61.7 Å². The summed E-state index contributed by atoms with van der Waals surface area (Å²) in [6.45, 7) is 0.454. The summed E-state index contributed by atoms with van der Waals surface area (Å²) in [5.41, 5.74) is 0.168. The van der Waals surface area contributed by atoms with E-state index < -0.39 is 28.9 Å². The van der Waals surface area contributed by atoms with E-state index >= 15 is 0 Å². The number of alkyl halides is 1. The molecule has 33 heavy (non-hydrogen) atoms. The van der Waals surface area contributed by atoms with Crippen LogP contribution in [0.2, 0.25) is 0 Å². The molecule has 172 valence electrons. The first kappa shape index (κ1) is 22.5. The van der Waals surface area contributed by atoms with Gasteiger partial charge in [-0.1, -0.05) is 76.6 Å². The van der Waals surface area contributed by atoms with Crippen LogP contribution < -0.4 is 10.1 Å². The predicted molar refractivity (Wildman–Crippen MR) is 129 cm³/mol. The number of methoxy groups -OCH3 is 1. The maximum atomic E-state index is 14.4. The normalized spacial score (nSPS) is 30.6. The van der Waals surface area contributed by atoms with E-state index in [1.807, 2.05) is 36.4 Å². The number of nitrogens with one attached hydrogen (secondary N) is 1. The Hall–Kier alpha value is -2.25. The Morgan fingerprint density at radius 3 is 2.18 bits per heavy atom. The van der Waals surface area contributed by atoms with Crippen LogP contribution >= 0.6 is 15.9 Å². The molecule has 1 aliphatic carbocycles. The lowest BCUT2D eigenvalue weighted by molar-refractivity contribution is -0.168. The number of hydrogen-bond acceptors (Lipinski definition) is 4. The molecule has 1 saturated carbocycles. The van der Waals surface area contributed by atoms with Crippen LogP contribution in [0.15, 0.2) is 78.9 Å². The van der Waals surface area contributed by atoms with E-state index in [1.54, 1.807) is 0 Å². The van der Waals surface area contributed by atoms with Gasteiger partial charge in [0.1, 0.15) is 17.2 Å². The third-order valence-corrected chi connectivity index (χ3v) is 8.50. The first-order valence-corrected chi connectivity index (χ1v) is 12.1. The van der Waals surface area contributed by atoms with E-state index in [9.17, 15) is 14.6 Å². The fourth-order valence-electron chi connectivity index (χ4n) is 6.19. The minimum Gasteiger partial charge on any atom is -0.496 e. The molecule has 3 aromatic carbocycles. The van der Waals surface area contributed by atoms with Crippen molar-refractivity contribution < 1.29 is 19.3 Å². The zero-order valence-corrected chi connectivity index (χ0v) is 19.9. The van der Waals surface area contributed by atoms with Crippen molar-refractivity contribution in [1.29, 1.82) is 0 Å². The second-order valence-corrected chi connectivity index (χ2v) is 10.0. The van der Waals surface area contributed by atoms with E-state index in [2.05, 4.69) is 45.5 Å². The smallest absolute Gasteiger partial charge is 0.125 e. The molecule has 3 N–H and O–H groups in total. The molecule has 0 amide bonds. The summed E-state index contributed by atoms with van der Waals surface area (Å²) in [6.07, 6.45) is -0.892. The monoisotopic (exact) mass is 511 g/mol. The summed E-state index contributed by atoms with van der Waals surface area (Å²) in [7, 11) is 1.49. The number of aliphatic hydroxyl groups excluding tert-OH is 1.